The molecule has 9 nitrogen and oxygen atoms in total. The molecule has 122 valence electrons. The molecule has 1 aliphatic heterocycles. The molecule has 0 aromatic carbocycles. The van der Waals surface area contributed by atoms with E-state index in [1.165, 1.54) is 17.2 Å². The van der Waals surface area contributed by atoms with Crippen LogP contribution in [0.5, 0.6) is 0 Å². The average molecular weight is 319 g/mol. The van der Waals surface area contributed by atoms with Gasteiger partial charge in [0.2, 0.25) is 0 Å². The number of fused-ring (bicyclic) bond motifs is 1. The van der Waals surface area contributed by atoms with Gasteiger partial charge in [0.25, 0.3) is 0 Å². The maximum Gasteiger partial charge on any atom is 0.196 e. The highest BCUT2D eigenvalue weighted by atomic mass is 16.5. The molecule has 5 atom stereocenters. The van der Waals surface area contributed by atoms with Crippen molar-refractivity contribution in [2.24, 2.45) is 5.92 Å². The van der Waals surface area contributed by atoms with E-state index in [-0.39, 0.29) is 12.4 Å². The fourth-order valence-electron chi connectivity index (χ4n) is 2.72. The highest BCUT2D eigenvalue weighted by molar-refractivity contribution is 5.81. The molecule has 0 amide bonds. The number of terminal acetylenes is 1. The van der Waals surface area contributed by atoms with Crippen LogP contribution in [0.2, 0.25) is 0 Å². The first-order valence-corrected chi connectivity index (χ1v) is 7.01. The fourth-order valence-corrected chi connectivity index (χ4v) is 2.72. The van der Waals surface area contributed by atoms with Gasteiger partial charge in [-0.25, -0.2) is 15.0 Å². The Balaban J connectivity index is 2.16. The van der Waals surface area contributed by atoms with E-state index in [4.69, 9.17) is 16.9 Å². The number of aromatic nitrogens is 4. The summed E-state index contributed by atoms with van der Waals surface area (Å²) in [7, 11) is 0. The fraction of sp³-hybridized carbons (Fsp3) is 0.500. The smallest absolute Gasteiger partial charge is 0.196 e. The van der Waals surface area contributed by atoms with Crippen molar-refractivity contribution in [1.29, 1.82) is 0 Å². The Morgan fingerprint density at radius 3 is 2.87 bits per heavy atom. The molecule has 3 rings (SSSR count). The van der Waals surface area contributed by atoms with Gasteiger partial charge >= 0.3 is 0 Å². The minimum Gasteiger partial charge on any atom is -0.390 e. The van der Waals surface area contributed by atoms with E-state index in [0.29, 0.717) is 11.2 Å². The molecule has 0 radical (unpaired) electrons. The van der Waals surface area contributed by atoms with Crippen molar-refractivity contribution in [3.05, 3.63) is 12.7 Å². The number of nitrogen functional groups attached to an aromatic ring is 1. The van der Waals surface area contributed by atoms with E-state index in [1.54, 1.807) is 6.92 Å². The van der Waals surface area contributed by atoms with Crippen LogP contribution in [0.4, 0.5) is 5.82 Å². The maximum atomic E-state index is 10.8. The largest absolute Gasteiger partial charge is 0.390 e. The molecular formula is C14H17N5O4. The molecule has 9 heteroatoms. The van der Waals surface area contributed by atoms with Crippen molar-refractivity contribution in [2.45, 2.75) is 31.0 Å². The van der Waals surface area contributed by atoms with E-state index >= 15 is 0 Å². The first kappa shape index (κ1) is 15.6. The Morgan fingerprint density at radius 1 is 1.43 bits per heavy atom. The lowest BCUT2D eigenvalue weighted by Crippen LogP contribution is -2.51. The van der Waals surface area contributed by atoms with Gasteiger partial charge in [-0.15, -0.1) is 6.42 Å². The van der Waals surface area contributed by atoms with Crippen molar-refractivity contribution < 1.29 is 20.1 Å². The van der Waals surface area contributed by atoms with E-state index in [9.17, 15) is 15.3 Å². The van der Waals surface area contributed by atoms with Crippen molar-refractivity contribution in [2.75, 3.05) is 12.3 Å². The van der Waals surface area contributed by atoms with Gasteiger partial charge in [-0.2, -0.15) is 0 Å². The zero-order chi connectivity index (χ0) is 16.8. The maximum absolute atomic E-state index is 10.8. The number of nitrogens with zero attached hydrogens (tertiary/aromatic N) is 4. The van der Waals surface area contributed by atoms with Gasteiger partial charge in [0.1, 0.15) is 17.9 Å². The second-order valence-corrected chi connectivity index (χ2v) is 5.61. The monoisotopic (exact) mass is 319 g/mol. The number of imidazole rings is 1. The summed E-state index contributed by atoms with van der Waals surface area (Å²) < 4.78 is 6.95. The van der Waals surface area contributed by atoms with Gasteiger partial charge in [-0.1, -0.05) is 12.8 Å². The molecule has 2 unspecified atom stereocenters. The minimum atomic E-state index is -2.08. The van der Waals surface area contributed by atoms with E-state index in [0.717, 1.165) is 0 Å². The van der Waals surface area contributed by atoms with Gasteiger partial charge in [0, 0.05) is 5.92 Å². The second kappa shape index (κ2) is 5.43. The van der Waals surface area contributed by atoms with Crippen LogP contribution >= 0.6 is 0 Å². The average Bonchev–Trinajstić information content (AvgIpc) is 2.95. The summed E-state index contributed by atoms with van der Waals surface area (Å²) >= 11 is 0. The Bertz CT molecular complexity index is 772. The van der Waals surface area contributed by atoms with Crippen LogP contribution in [-0.2, 0) is 4.74 Å². The molecule has 1 saturated heterocycles. The zero-order valence-corrected chi connectivity index (χ0v) is 12.4. The van der Waals surface area contributed by atoms with Crippen molar-refractivity contribution in [3.63, 3.8) is 0 Å². The molecular weight excluding hydrogens is 302 g/mol. The molecule has 0 aliphatic carbocycles. The van der Waals surface area contributed by atoms with Crippen LogP contribution in [0.1, 0.15) is 13.2 Å². The second-order valence-electron chi connectivity index (χ2n) is 5.61. The van der Waals surface area contributed by atoms with E-state index in [2.05, 4.69) is 20.9 Å². The summed E-state index contributed by atoms with van der Waals surface area (Å²) in [5.74, 6) is 1.67. The number of hydrogen-bond acceptors (Lipinski definition) is 8. The predicted octanol–water partition coefficient (Wildman–Crippen LogP) is -1.34. The minimum absolute atomic E-state index is 0.118. The number of nitrogens with two attached hydrogens (primary N) is 1. The van der Waals surface area contributed by atoms with E-state index < -0.39 is 30.0 Å². The first-order valence-electron chi connectivity index (χ1n) is 7.01. The van der Waals surface area contributed by atoms with Gasteiger partial charge in [-0.05, 0) is 0 Å². The van der Waals surface area contributed by atoms with Crippen LogP contribution in [0, 0.1) is 18.3 Å². The van der Waals surface area contributed by atoms with Crippen LogP contribution in [0.15, 0.2) is 12.7 Å². The number of ether oxygens (including phenoxy) is 1. The van der Waals surface area contributed by atoms with Crippen LogP contribution in [0.3, 0.4) is 0 Å². The first-order chi connectivity index (χ1) is 10.9. The lowest BCUT2D eigenvalue weighted by atomic mass is 9.85. The molecule has 2 aromatic rings. The number of hydrogen-bond donors (Lipinski definition) is 4. The molecule has 2 aromatic heterocycles. The molecule has 1 aliphatic rings. The molecule has 0 spiro atoms. The van der Waals surface area contributed by atoms with Crippen molar-refractivity contribution in [1.82, 2.24) is 19.5 Å². The molecule has 0 saturated carbocycles. The Hall–Kier alpha value is -2.25. The lowest BCUT2D eigenvalue weighted by molar-refractivity contribution is -0.152. The molecule has 1 fully saturated rings. The Labute approximate surface area is 131 Å². The van der Waals surface area contributed by atoms with Crippen molar-refractivity contribution >= 4 is 17.0 Å². The summed E-state index contributed by atoms with van der Waals surface area (Å²) in [5.41, 5.74) is 4.28. The van der Waals surface area contributed by atoms with Crippen molar-refractivity contribution in [3.8, 4) is 12.3 Å². The summed E-state index contributed by atoms with van der Waals surface area (Å²) in [5, 5.41) is 31.2. The summed E-state index contributed by atoms with van der Waals surface area (Å²) in [6.45, 7) is 1.46. The third-order valence-corrected chi connectivity index (χ3v) is 4.23. The van der Waals surface area contributed by atoms with Gasteiger partial charge < -0.3 is 25.8 Å². The quantitative estimate of drug-likeness (QED) is 0.474. The van der Waals surface area contributed by atoms with Crippen LogP contribution in [0.25, 0.3) is 11.2 Å². The Morgan fingerprint density at radius 2 is 2.17 bits per heavy atom. The highest BCUT2D eigenvalue weighted by Gasteiger charge is 2.51. The number of rotatable bonds is 1. The van der Waals surface area contributed by atoms with E-state index in [1.807, 2.05) is 0 Å². The summed E-state index contributed by atoms with van der Waals surface area (Å²) in [6, 6.07) is 0. The van der Waals surface area contributed by atoms with Gasteiger partial charge in [-0.3, -0.25) is 4.57 Å². The normalized spacial score (nSPS) is 34.9. The molecule has 0 bridgehead atoms. The molecule has 23 heavy (non-hydrogen) atoms. The van der Waals surface area contributed by atoms with Gasteiger partial charge in [0.15, 0.2) is 23.3 Å². The Kier molecular flexibility index (Phi) is 3.69. The number of anilines is 1. The number of aliphatic hydroxyl groups excluding tert-OH is 2. The predicted molar refractivity (Wildman–Crippen MR) is 79.7 cm³/mol. The standard InChI is InChI=1S/C14H17N5O4/c1-3-14(22)10(21)7(2)8(20)4-23-13(14)19-6-18-9-11(15)16-5-17-12(9)19/h1,5-8,10,13,20-22H,4H2,2H3,(H2,15,16,17)/t7?,8?,10-,13-,14-/m1/s1. The molecule has 5 N–H and O–H groups in total. The zero-order valence-electron chi connectivity index (χ0n) is 12.4. The highest BCUT2D eigenvalue weighted by Crippen LogP contribution is 2.36. The van der Waals surface area contributed by atoms with Crippen LogP contribution < -0.4 is 5.73 Å². The lowest BCUT2D eigenvalue weighted by Gasteiger charge is -2.35. The summed E-state index contributed by atoms with van der Waals surface area (Å²) in [6.07, 6.45) is 4.47. The SMILES string of the molecule is C#C[C@@]1(O)[C@H](O)C(C)C(O)CO[C@H]1n1cnc2c(N)ncnc21. The third kappa shape index (κ3) is 2.24. The molecule has 3 heterocycles. The van der Waals surface area contributed by atoms with Crippen LogP contribution in [-0.4, -0.2) is 59.3 Å². The third-order valence-electron chi connectivity index (χ3n) is 4.23. The summed E-state index contributed by atoms with van der Waals surface area (Å²) in [4.78, 5) is 12.0. The topological polar surface area (TPSA) is 140 Å². The number of aliphatic hydroxyl groups is 3. The van der Waals surface area contributed by atoms with Gasteiger partial charge in [0.05, 0.1) is 19.0 Å².